The third kappa shape index (κ3) is 3.08. The molecule has 7 nitrogen and oxygen atoms in total. The maximum Gasteiger partial charge on any atom is 0.273 e. The highest BCUT2D eigenvalue weighted by Crippen LogP contribution is 2.30. The summed E-state index contributed by atoms with van der Waals surface area (Å²) in [6.07, 6.45) is 0. The van der Waals surface area contributed by atoms with E-state index in [4.69, 9.17) is 4.52 Å². The van der Waals surface area contributed by atoms with Crippen molar-refractivity contribution in [3.05, 3.63) is 44.0 Å². The summed E-state index contributed by atoms with van der Waals surface area (Å²) in [6.45, 7) is 3.78. The number of benzene rings is 1. The van der Waals surface area contributed by atoms with Crippen LogP contribution in [0.5, 0.6) is 0 Å². The zero-order valence-electron chi connectivity index (χ0n) is 10.3. The standard InChI is InChI=1S/C11H11BrN4O3/c1-6-3-9(8(12)4-10(6)16(17)18)13-5-11-14-7(2)15-19-11/h3-4,13H,5H2,1-2H3. The van der Waals surface area contributed by atoms with Crippen LogP contribution in [0.1, 0.15) is 17.3 Å². The van der Waals surface area contributed by atoms with Crippen molar-refractivity contribution in [2.45, 2.75) is 20.4 Å². The minimum absolute atomic E-state index is 0.0751. The fourth-order valence-corrected chi connectivity index (χ4v) is 2.06. The molecule has 2 aromatic rings. The van der Waals surface area contributed by atoms with Crippen molar-refractivity contribution in [1.29, 1.82) is 0 Å². The van der Waals surface area contributed by atoms with Gasteiger partial charge >= 0.3 is 0 Å². The van der Waals surface area contributed by atoms with Gasteiger partial charge in [0.05, 0.1) is 11.5 Å². The third-order valence-corrected chi connectivity index (χ3v) is 3.14. The molecular formula is C11H11BrN4O3. The first kappa shape index (κ1) is 13.5. The highest BCUT2D eigenvalue weighted by Gasteiger charge is 2.14. The van der Waals surface area contributed by atoms with Crippen molar-refractivity contribution in [1.82, 2.24) is 10.1 Å². The van der Waals surface area contributed by atoms with E-state index in [1.54, 1.807) is 19.9 Å². The molecule has 8 heteroatoms. The smallest absolute Gasteiger partial charge is 0.273 e. The van der Waals surface area contributed by atoms with Crippen LogP contribution < -0.4 is 5.32 Å². The Hall–Kier alpha value is -1.96. The molecule has 0 saturated heterocycles. The van der Waals surface area contributed by atoms with E-state index in [9.17, 15) is 10.1 Å². The number of nitro groups is 1. The van der Waals surface area contributed by atoms with Gasteiger partial charge in [0, 0.05) is 21.8 Å². The topological polar surface area (TPSA) is 94.1 Å². The van der Waals surface area contributed by atoms with E-state index < -0.39 is 4.92 Å². The Bertz CT molecular complexity index is 626. The Balaban J connectivity index is 2.17. The molecule has 0 saturated carbocycles. The maximum atomic E-state index is 10.8. The molecule has 1 aromatic heterocycles. The highest BCUT2D eigenvalue weighted by molar-refractivity contribution is 9.10. The van der Waals surface area contributed by atoms with Crippen LogP contribution in [0.4, 0.5) is 11.4 Å². The first-order valence-corrected chi connectivity index (χ1v) is 6.24. The molecule has 0 fully saturated rings. The van der Waals surface area contributed by atoms with Gasteiger partial charge in [0.2, 0.25) is 5.89 Å². The lowest BCUT2D eigenvalue weighted by molar-refractivity contribution is -0.385. The zero-order chi connectivity index (χ0) is 14.0. The number of hydrogen-bond acceptors (Lipinski definition) is 6. The Kier molecular flexibility index (Phi) is 3.79. The lowest BCUT2D eigenvalue weighted by atomic mass is 10.2. The highest BCUT2D eigenvalue weighted by atomic mass is 79.9. The second kappa shape index (κ2) is 5.35. The average molecular weight is 327 g/mol. The Labute approximate surface area is 117 Å². The molecule has 0 bridgehead atoms. The number of hydrogen-bond donors (Lipinski definition) is 1. The summed E-state index contributed by atoms with van der Waals surface area (Å²) in [6, 6.07) is 3.17. The molecule has 1 heterocycles. The number of aromatic nitrogens is 2. The van der Waals surface area contributed by atoms with E-state index in [-0.39, 0.29) is 5.69 Å². The van der Waals surface area contributed by atoms with Crippen LogP contribution in [0.3, 0.4) is 0 Å². The van der Waals surface area contributed by atoms with E-state index in [2.05, 4.69) is 31.4 Å². The summed E-state index contributed by atoms with van der Waals surface area (Å²) in [7, 11) is 0. The molecular weight excluding hydrogens is 316 g/mol. The van der Waals surface area contributed by atoms with E-state index in [1.165, 1.54) is 6.07 Å². The third-order valence-electron chi connectivity index (χ3n) is 2.48. The monoisotopic (exact) mass is 326 g/mol. The molecule has 0 spiro atoms. The molecule has 0 amide bonds. The number of nitro benzene ring substituents is 1. The minimum Gasteiger partial charge on any atom is -0.375 e. The van der Waals surface area contributed by atoms with Crippen LogP contribution in [0, 0.1) is 24.0 Å². The van der Waals surface area contributed by atoms with Crippen molar-refractivity contribution < 1.29 is 9.45 Å². The second-order valence-corrected chi connectivity index (χ2v) is 4.82. The van der Waals surface area contributed by atoms with E-state index in [0.717, 1.165) is 5.69 Å². The van der Waals surface area contributed by atoms with Crippen molar-refractivity contribution in [3.8, 4) is 0 Å². The van der Waals surface area contributed by atoms with Crippen LogP contribution in [0.15, 0.2) is 21.1 Å². The number of anilines is 1. The Morgan fingerprint density at radius 3 is 2.79 bits per heavy atom. The largest absolute Gasteiger partial charge is 0.375 e. The predicted octanol–water partition coefficient (Wildman–Crippen LogP) is 2.97. The zero-order valence-corrected chi connectivity index (χ0v) is 11.9. The van der Waals surface area contributed by atoms with E-state index in [1.807, 2.05) is 0 Å². The van der Waals surface area contributed by atoms with Crippen LogP contribution in [-0.4, -0.2) is 15.1 Å². The molecule has 0 radical (unpaired) electrons. The van der Waals surface area contributed by atoms with Crippen molar-refractivity contribution >= 4 is 27.3 Å². The SMILES string of the molecule is Cc1noc(CNc2cc(C)c([N+](=O)[O-])cc2Br)n1. The van der Waals surface area contributed by atoms with Crippen LogP contribution in [-0.2, 0) is 6.54 Å². The number of rotatable bonds is 4. The van der Waals surface area contributed by atoms with Crippen LogP contribution in [0.25, 0.3) is 0 Å². The molecule has 100 valence electrons. The summed E-state index contributed by atoms with van der Waals surface area (Å²) in [5.74, 6) is 1.02. The fourth-order valence-electron chi connectivity index (χ4n) is 1.59. The van der Waals surface area contributed by atoms with Gasteiger partial charge in [0.1, 0.15) is 0 Å². The van der Waals surface area contributed by atoms with E-state index in [0.29, 0.717) is 28.3 Å². The number of nitrogens with zero attached hydrogens (tertiary/aromatic N) is 3. The molecule has 0 atom stereocenters. The normalized spacial score (nSPS) is 10.5. The predicted molar refractivity (Wildman–Crippen MR) is 71.9 cm³/mol. The molecule has 1 aromatic carbocycles. The quantitative estimate of drug-likeness (QED) is 0.685. The van der Waals surface area contributed by atoms with Gasteiger partial charge in [-0.1, -0.05) is 5.16 Å². The maximum absolute atomic E-state index is 10.8. The molecule has 2 rings (SSSR count). The average Bonchev–Trinajstić information content (AvgIpc) is 2.75. The molecule has 0 aliphatic rings. The summed E-state index contributed by atoms with van der Waals surface area (Å²) < 4.78 is 5.58. The van der Waals surface area contributed by atoms with Gasteiger partial charge in [0.25, 0.3) is 5.69 Å². The fraction of sp³-hybridized carbons (Fsp3) is 0.273. The Morgan fingerprint density at radius 2 is 2.21 bits per heavy atom. The molecule has 0 aliphatic heterocycles. The lowest BCUT2D eigenvalue weighted by Gasteiger charge is -2.07. The number of aryl methyl sites for hydroxylation is 2. The van der Waals surface area contributed by atoms with Crippen LogP contribution in [0.2, 0.25) is 0 Å². The molecule has 0 unspecified atom stereocenters. The first-order chi connectivity index (χ1) is 8.97. The van der Waals surface area contributed by atoms with Crippen LogP contribution >= 0.6 is 15.9 Å². The second-order valence-electron chi connectivity index (χ2n) is 3.96. The Morgan fingerprint density at radius 1 is 1.47 bits per heavy atom. The van der Waals surface area contributed by atoms with Gasteiger partial charge < -0.3 is 9.84 Å². The van der Waals surface area contributed by atoms with Crippen molar-refractivity contribution in [3.63, 3.8) is 0 Å². The van der Waals surface area contributed by atoms with Gasteiger partial charge in [-0.25, -0.2) is 0 Å². The minimum atomic E-state index is -0.411. The summed E-state index contributed by atoms with van der Waals surface area (Å²) in [5, 5.41) is 17.6. The summed E-state index contributed by atoms with van der Waals surface area (Å²) in [4.78, 5) is 14.4. The number of nitrogens with one attached hydrogen (secondary N) is 1. The van der Waals surface area contributed by atoms with Gasteiger partial charge in [-0.2, -0.15) is 4.98 Å². The molecule has 1 N–H and O–H groups in total. The van der Waals surface area contributed by atoms with Gasteiger partial charge in [-0.15, -0.1) is 0 Å². The lowest BCUT2D eigenvalue weighted by Crippen LogP contribution is -2.02. The summed E-state index contributed by atoms with van der Waals surface area (Å²) in [5.41, 5.74) is 1.39. The van der Waals surface area contributed by atoms with Gasteiger partial charge in [-0.3, -0.25) is 10.1 Å². The molecule has 19 heavy (non-hydrogen) atoms. The summed E-state index contributed by atoms with van der Waals surface area (Å²) >= 11 is 3.29. The van der Waals surface area contributed by atoms with Gasteiger partial charge in [-0.05, 0) is 35.8 Å². The van der Waals surface area contributed by atoms with Gasteiger partial charge in [0.15, 0.2) is 5.82 Å². The number of halogens is 1. The molecule has 0 aliphatic carbocycles. The van der Waals surface area contributed by atoms with Crippen molar-refractivity contribution in [2.75, 3.05) is 5.32 Å². The van der Waals surface area contributed by atoms with E-state index >= 15 is 0 Å². The van der Waals surface area contributed by atoms with Crippen molar-refractivity contribution in [2.24, 2.45) is 0 Å². The first-order valence-electron chi connectivity index (χ1n) is 5.45.